The molecule has 0 spiro atoms. The first-order valence-electron chi connectivity index (χ1n) is 6.53. The standard InChI is InChI=1S/C15H21BrFN/c1-14(2)5-7-15(18,8-6-14)10-11-3-4-12(17)9-13(11)16/h3-4,9H,5-8,10,18H2,1-2H3. The Morgan fingerprint density at radius 2 is 1.83 bits per heavy atom. The van der Waals surface area contributed by atoms with Gasteiger partial charge in [-0.1, -0.05) is 35.8 Å². The van der Waals surface area contributed by atoms with E-state index >= 15 is 0 Å². The average Bonchev–Trinajstić information content (AvgIpc) is 2.28. The second kappa shape index (κ2) is 4.93. The molecule has 0 radical (unpaired) electrons. The van der Waals surface area contributed by atoms with Crippen molar-refractivity contribution in [1.82, 2.24) is 0 Å². The highest BCUT2D eigenvalue weighted by Crippen LogP contribution is 2.40. The average molecular weight is 314 g/mol. The predicted octanol–water partition coefficient (Wildman–Crippen LogP) is 4.43. The van der Waals surface area contributed by atoms with Gasteiger partial charge in [-0.15, -0.1) is 0 Å². The molecule has 3 heteroatoms. The highest BCUT2D eigenvalue weighted by Gasteiger charge is 2.35. The summed E-state index contributed by atoms with van der Waals surface area (Å²) in [5.74, 6) is -0.207. The lowest BCUT2D eigenvalue weighted by Crippen LogP contribution is -2.46. The van der Waals surface area contributed by atoms with E-state index < -0.39 is 0 Å². The molecule has 0 unspecified atom stereocenters. The number of hydrogen-bond donors (Lipinski definition) is 1. The van der Waals surface area contributed by atoms with Gasteiger partial charge >= 0.3 is 0 Å². The molecule has 1 saturated carbocycles. The molecule has 1 aliphatic carbocycles. The maximum atomic E-state index is 13.1. The molecule has 1 aliphatic rings. The Morgan fingerprint density at radius 1 is 1.22 bits per heavy atom. The Hall–Kier alpha value is -0.410. The van der Waals surface area contributed by atoms with Crippen LogP contribution in [-0.2, 0) is 6.42 Å². The molecule has 0 aromatic heterocycles. The quantitative estimate of drug-likeness (QED) is 0.859. The molecule has 0 amide bonds. The third-order valence-corrected chi connectivity index (χ3v) is 4.90. The molecule has 0 aliphatic heterocycles. The number of benzene rings is 1. The lowest BCUT2D eigenvalue weighted by Gasteiger charge is -2.41. The van der Waals surface area contributed by atoms with Crippen LogP contribution in [0.5, 0.6) is 0 Å². The van der Waals surface area contributed by atoms with E-state index in [-0.39, 0.29) is 11.4 Å². The van der Waals surface area contributed by atoms with Crippen LogP contribution in [0, 0.1) is 11.2 Å². The second-order valence-electron chi connectivity index (χ2n) is 6.44. The van der Waals surface area contributed by atoms with Crippen LogP contribution in [0.3, 0.4) is 0 Å². The first-order valence-corrected chi connectivity index (χ1v) is 7.32. The summed E-state index contributed by atoms with van der Waals surface area (Å²) in [6, 6.07) is 4.87. The Kier molecular flexibility index (Phi) is 3.84. The Bertz CT molecular complexity index is 432. The molecule has 2 N–H and O–H groups in total. The van der Waals surface area contributed by atoms with Crippen molar-refractivity contribution >= 4 is 15.9 Å². The summed E-state index contributed by atoms with van der Waals surface area (Å²) in [7, 11) is 0. The van der Waals surface area contributed by atoms with Crippen molar-refractivity contribution in [1.29, 1.82) is 0 Å². The summed E-state index contributed by atoms with van der Waals surface area (Å²) in [6.45, 7) is 4.61. The van der Waals surface area contributed by atoms with Crippen molar-refractivity contribution in [2.24, 2.45) is 11.1 Å². The van der Waals surface area contributed by atoms with Gasteiger partial charge in [-0.25, -0.2) is 4.39 Å². The van der Waals surface area contributed by atoms with E-state index in [1.165, 1.54) is 25.0 Å². The number of hydrogen-bond acceptors (Lipinski definition) is 1. The van der Waals surface area contributed by atoms with Gasteiger partial charge in [0, 0.05) is 10.0 Å². The first kappa shape index (κ1) is 14.0. The normalized spacial score (nSPS) is 21.8. The molecule has 1 fully saturated rings. The summed E-state index contributed by atoms with van der Waals surface area (Å²) < 4.78 is 13.9. The third-order valence-electron chi connectivity index (χ3n) is 4.16. The van der Waals surface area contributed by atoms with Crippen LogP contribution in [0.15, 0.2) is 22.7 Å². The van der Waals surface area contributed by atoms with Gasteiger partial charge in [0.15, 0.2) is 0 Å². The van der Waals surface area contributed by atoms with Crippen LogP contribution in [0.1, 0.15) is 45.1 Å². The zero-order chi connectivity index (χ0) is 13.4. The van der Waals surface area contributed by atoms with Crippen molar-refractivity contribution in [2.75, 3.05) is 0 Å². The fraction of sp³-hybridized carbons (Fsp3) is 0.600. The highest BCUT2D eigenvalue weighted by molar-refractivity contribution is 9.10. The topological polar surface area (TPSA) is 26.0 Å². The highest BCUT2D eigenvalue weighted by atomic mass is 79.9. The summed E-state index contributed by atoms with van der Waals surface area (Å²) in [5, 5.41) is 0. The van der Waals surface area contributed by atoms with E-state index in [0.29, 0.717) is 5.41 Å². The van der Waals surface area contributed by atoms with Crippen molar-refractivity contribution in [3.63, 3.8) is 0 Å². The Labute approximate surface area is 117 Å². The van der Waals surface area contributed by atoms with E-state index in [2.05, 4.69) is 29.8 Å². The minimum atomic E-state index is -0.207. The van der Waals surface area contributed by atoms with Crippen molar-refractivity contribution in [3.05, 3.63) is 34.1 Å². The second-order valence-corrected chi connectivity index (χ2v) is 7.29. The van der Waals surface area contributed by atoms with Gasteiger partial charge in [-0.3, -0.25) is 0 Å². The van der Waals surface area contributed by atoms with Crippen LogP contribution in [0.2, 0.25) is 0 Å². The first-order chi connectivity index (χ1) is 8.30. The largest absolute Gasteiger partial charge is 0.325 e. The van der Waals surface area contributed by atoms with Gasteiger partial charge in [-0.2, -0.15) is 0 Å². The molecule has 0 saturated heterocycles. The molecular formula is C15H21BrFN. The monoisotopic (exact) mass is 313 g/mol. The van der Waals surface area contributed by atoms with Crippen LogP contribution in [0.25, 0.3) is 0 Å². The van der Waals surface area contributed by atoms with E-state index in [1.807, 2.05) is 6.07 Å². The molecular weight excluding hydrogens is 293 g/mol. The Morgan fingerprint density at radius 3 is 2.39 bits per heavy atom. The molecule has 1 nitrogen and oxygen atoms in total. The SMILES string of the molecule is CC1(C)CCC(N)(Cc2ccc(F)cc2Br)CC1. The van der Waals surface area contributed by atoms with Gasteiger partial charge in [-0.05, 0) is 55.2 Å². The molecule has 18 heavy (non-hydrogen) atoms. The molecule has 2 rings (SSSR count). The minimum Gasteiger partial charge on any atom is -0.325 e. The molecule has 0 bridgehead atoms. The van der Waals surface area contributed by atoms with Gasteiger partial charge in [0.25, 0.3) is 0 Å². The lowest BCUT2D eigenvalue weighted by molar-refractivity contribution is 0.164. The predicted molar refractivity (Wildman–Crippen MR) is 77.0 cm³/mol. The molecule has 1 aromatic carbocycles. The summed E-state index contributed by atoms with van der Waals surface area (Å²) in [5.41, 5.74) is 7.90. The maximum absolute atomic E-state index is 13.1. The molecule has 0 heterocycles. The number of rotatable bonds is 2. The van der Waals surface area contributed by atoms with Crippen LogP contribution in [-0.4, -0.2) is 5.54 Å². The van der Waals surface area contributed by atoms with Gasteiger partial charge in [0.1, 0.15) is 5.82 Å². The fourth-order valence-electron chi connectivity index (χ4n) is 2.65. The zero-order valence-corrected chi connectivity index (χ0v) is 12.7. The Balaban J connectivity index is 2.09. The van der Waals surface area contributed by atoms with Crippen LogP contribution >= 0.6 is 15.9 Å². The van der Waals surface area contributed by atoms with E-state index in [9.17, 15) is 4.39 Å². The molecule has 1 aromatic rings. The summed E-state index contributed by atoms with van der Waals surface area (Å²) in [4.78, 5) is 0. The van der Waals surface area contributed by atoms with E-state index in [0.717, 1.165) is 29.3 Å². The maximum Gasteiger partial charge on any atom is 0.124 e. The van der Waals surface area contributed by atoms with E-state index in [1.54, 1.807) is 0 Å². The van der Waals surface area contributed by atoms with Crippen molar-refractivity contribution in [3.8, 4) is 0 Å². The zero-order valence-electron chi connectivity index (χ0n) is 11.1. The van der Waals surface area contributed by atoms with Gasteiger partial charge in [0.05, 0.1) is 0 Å². The molecule has 100 valence electrons. The minimum absolute atomic E-state index is 0.129. The summed E-state index contributed by atoms with van der Waals surface area (Å²) >= 11 is 3.42. The van der Waals surface area contributed by atoms with Crippen LogP contribution < -0.4 is 5.73 Å². The van der Waals surface area contributed by atoms with Crippen molar-refractivity contribution < 1.29 is 4.39 Å². The third kappa shape index (κ3) is 3.33. The smallest absolute Gasteiger partial charge is 0.124 e. The fourth-order valence-corrected chi connectivity index (χ4v) is 3.14. The molecule has 0 atom stereocenters. The van der Waals surface area contributed by atoms with Gasteiger partial charge in [0.2, 0.25) is 0 Å². The van der Waals surface area contributed by atoms with Crippen molar-refractivity contribution in [2.45, 2.75) is 51.5 Å². The number of nitrogens with two attached hydrogens (primary N) is 1. The van der Waals surface area contributed by atoms with Gasteiger partial charge < -0.3 is 5.73 Å². The van der Waals surface area contributed by atoms with Crippen LogP contribution in [0.4, 0.5) is 4.39 Å². The number of halogens is 2. The van der Waals surface area contributed by atoms with E-state index in [4.69, 9.17) is 5.73 Å². The summed E-state index contributed by atoms with van der Waals surface area (Å²) in [6.07, 6.45) is 5.25. The lowest BCUT2D eigenvalue weighted by atomic mass is 9.68.